The van der Waals surface area contributed by atoms with Crippen molar-refractivity contribution in [3.8, 4) is 0 Å². The van der Waals surface area contributed by atoms with Gasteiger partial charge >= 0.3 is 6.03 Å². The van der Waals surface area contributed by atoms with Gasteiger partial charge in [-0.15, -0.1) is 0 Å². The van der Waals surface area contributed by atoms with Gasteiger partial charge in [0.2, 0.25) is 0 Å². The van der Waals surface area contributed by atoms with E-state index in [0.29, 0.717) is 0 Å². The predicted molar refractivity (Wildman–Crippen MR) is 55.1 cm³/mol. The highest BCUT2D eigenvalue weighted by atomic mass is 19.2. The van der Waals surface area contributed by atoms with Gasteiger partial charge in [-0.1, -0.05) is 12.1 Å². The molecule has 4 nitrogen and oxygen atoms in total. The molecule has 90 valence electrons. The van der Waals surface area contributed by atoms with Gasteiger partial charge in [0.05, 0.1) is 0 Å². The predicted octanol–water partition coefficient (Wildman–Crippen LogP) is 1.33. The van der Waals surface area contributed by atoms with E-state index in [0.717, 1.165) is 0 Å². The standard InChI is InChI=1S/C11H10F2N2O2/c1-5-3-4-6(8(13)7(5)12)11(2)9(16)14-10(17)15-11/h3-4H,1-2H3,(H2,14,15,16,17). The van der Waals surface area contributed by atoms with Gasteiger partial charge in [-0.3, -0.25) is 10.1 Å². The molecule has 0 bridgehead atoms. The fourth-order valence-electron chi connectivity index (χ4n) is 1.76. The minimum atomic E-state index is -1.57. The molecule has 2 rings (SSSR count). The molecule has 1 aromatic rings. The molecule has 0 aliphatic carbocycles. The van der Waals surface area contributed by atoms with Crippen LogP contribution >= 0.6 is 0 Å². The van der Waals surface area contributed by atoms with Gasteiger partial charge in [0.1, 0.15) is 5.54 Å². The molecule has 0 aromatic heterocycles. The Labute approximate surface area is 96.0 Å². The number of carbonyl (C=O) groups excluding carboxylic acids is 2. The second-order valence-electron chi connectivity index (χ2n) is 4.09. The second-order valence-corrected chi connectivity index (χ2v) is 4.09. The summed E-state index contributed by atoms with van der Waals surface area (Å²) in [6.45, 7) is 2.73. The Morgan fingerprint density at radius 1 is 1.18 bits per heavy atom. The Balaban J connectivity index is 2.58. The number of rotatable bonds is 1. The largest absolute Gasteiger partial charge is 0.322 e. The molecule has 1 heterocycles. The van der Waals surface area contributed by atoms with Crippen LogP contribution in [-0.2, 0) is 10.3 Å². The number of amides is 3. The number of imide groups is 1. The number of halogens is 2. The van der Waals surface area contributed by atoms with Gasteiger partial charge < -0.3 is 5.32 Å². The molecule has 6 heteroatoms. The smallest absolute Gasteiger partial charge is 0.319 e. The van der Waals surface area contributed by atoms with Crippen molar-refractivity contribution < 1.29 is 18.4 Å². The van der Waals surface area contributed by atoms with Crippen molar-refractivity contribution in [3.63, 3.8) is 0 Å². The molecule has 1 fully saturated rings. The van der Waals surface area contributed by atoms with Crippen molar-refractivity contribution in [1.82, 2.24) is 10.6 Å². The molecule has 0 saturated carbocycles. The van der Waals surface area contributed by atoms with Gasteiger partial charge in [0.15, 0.2) is 11.6 Å². The summed E-state index contributed by atoms with van der Waals surface area (Å²) < 4.78 is 27.2. The summed E-state index contributed by atoms with van der Waals surface area (Å²) in [7, 11) is 0. The minimum absolute atomic E-state index is 0.139. The monoisotopic (exact) mass is 240 g/mol. The van der Waals surface area contributed by atoms with Crippen LogP contribution in [0.5, 0.6) is 0 Å². The zero-order valence-corrected chi connectivity index (χ0v) is 9.23. The molecular formula is C11H10F2N2O2. The van der Waals surface area contributed by atoms with Gasteiger partial charge in [-0.25, -0.2) is 13.6 Å². The van der Waals surface area contributed by atoms with E-state index in [2.05, 4.69) is 5.32 Å². The first kappa shape index (κ1) is 11.5. The third-order valence-electron chi connectivity index (χ3n) is 2.86. The van der Waals surface area contributed by atoms with Crippen molar-refractivity contribution in [2.45, 2.75) is 19.4 Å². The first-order valence-corrected chi connectivity index (χ1v) is 4.95. The summed E-state index contributed by atoms with van der Waals surface area (Å²) in [5.41, 5.74) is -1.63. The van der Waals surface area contributed by atoms with Crippen LogP contribution in [0.1, 0.15) is 18.1 Å². The van der Waals surface area contributed by atoms with Crippen molar-refractivity contribution in [2.24, 2.45) is 0 Å². The molecular weight excluding hydrogens is 230 g/mol. The Kier molecular flexibility index (Phi) is 2.38. The van der Waals surface area contributed by atoms with E-state index in [4.69, 9.17) is 0 Å². The Morgan fingerprint density at radius 2 is 1.82 bits per heavy atom. The van der Waals surface area contributed by atoms with E-state index in [1.165, 1.54) is 26.0 Å². The zero-order chi connectivity index (χ0) is 12.8. The molecule has 2 N–H and O–H groups in total. The molecule has 1 atom stereocenters. The Hall–Kier alpha value is -1.98. The molecule has 1 aromatic carbocycles. The Morgan fingerprint density at radius 3 is 2.35 bits per heavy atom. The minimum Gasteiger partial charge on any atom is -0.319 e. The van der Waals surface area contributed by atoms with E-state index >= 15 is 0 Å². The molecule has 1 aliphatic heterocycles. The first-order valence-electron chi connectivity index (χ1n) is 4.95. The van der Waals surface area contributed by atoms with E-state index in [9.17, 15) is 18.4 Å². The summed E-state index contributed by atoms with van der Waals surface area (Å²) in [6.07, 6.45) is 0. The maximum absolute atomic E-state index is 13.8. The average Bonchev–Trinajstić information content (AvgIpc) is 2.50. The fraction of sp³-hybridized carbons (Fsp3) is 0.273. The van der Waals surface area contributed by atoms with Crippen LogP contribution in [0, 0.1) is 18.6 Å². The van der Waals surface area contributed by atoms with Gasteiger partial charge in [0, 0.05) is 5.56 Å². The van der Waals surface area contributed by atoms with Crippen LogP contribution in [-0.4, -0.2) is 11.9 Å². The SMILES string of the molecule is Cc1ccc(C2(C)NC(=O)NC2=O)c(F)c1F. The summed E-state index contributed by atoms with van der Waals surface area (Å²) in [5.74, 6) is -2.84. The van der Waals surface area contributed by atoms with Crippen LogP contribution in [0.4, 0.5) is 13.6 Å². The maximum Gasteiger partial charge on any atom is 0.322 e. The number of nitrogens with one attached hydrogen (secondary N) is 2. The van der Waals surface area contributed by atoms with Gasteiger partial charge in [-0.05, 0) is 19.4 Å². The molecule has 0 radical (unpaired) electrons. The van der Waals surface area contributed by atoms with E-state index < -0.39 is 29.1 Å². The quantitative estimate of drug-likeness (QED) is 0.727. The Bertz CT molecular complexity index is 530. The maximum atomic E-state index is 13.8. The summed E-state index contributed by atoms with van der Waals surface area (Å²) in [4.78, 5) is 22.6. The van der Waals surface area contributed by atoms with Crippen LogP contribution < -0.4 is 10.6 Å². The van der Waals surface area contributed by atoms with E-state index in [1.54, 1.807) is 0 Å². The van der Waals surface area contributed by atoms with Crippen molar-refractivity contribution in [3.05, 3.63) is 34.9 Å². The van der Waals surface area contributed by atoms with E-state index in [1.807, 2.05) is 5.32 Å². The second kappa shape index (κ2) is 3.51. The fourth-order valence-corrected chi connectivity index (χ4v) is 1.76. The highest BCUT2D eigenvalue weighted by Crippen LogP contribution is 2.28. The number of urea groups is 1. The van der Waals surface area contributed by atoms with Crippen molar-refractivity contribution >= 4 is 11.9 Å². The topological polar surface area (TPSA) is 58.2 Å². The molecule has 1 aliphatic rings. The van der Waals surface area contributed by atoms with Crippen LogP contribution in [0.3, 0.4) is 0 Å². The number of benzene rings is 1. The summed E-state index contributed by atoms with van der Waals surface area (Å²) in [5, 5.41) is 4.27. The zero-order valence-electron chi connectivity index (χ0n) is 9.23. The van der Waals surface area contributed by atoms with Gasteiger partial charge in [0.25, 0.3) is 5.91 Å². The normalized spacial score (nSPS) is 23.5. The lowest BCUT2D eigenvalue weighted by atomic mass is 9.91. The third kappa shape index (κ3) is 1.56. The number of aryl methyl sites for hydroxylation is 1. The lowest BCUT2D eigenvalue weighted by Gasteiger charge is -2.22. The van der Waals surface area contributed by atoms with Crippen molar-refractivity contribution in [2.75, 3.05) is 0 Å². The molecule has 0 spiro atoms. The highest BCUT2D eigenvalue weighted by Gasteiger charge is 2.45. The summed E-state index contributed by atoms with van der Waals surface area (Å²) in [6, 6.07) is 1.92. The number of hydrogen-bond acceptors (Lipinski definition) is 2. The van der Waals surface area contributed by atoms with Crippen molar-refractivity contribution in [1.29, 1.82) is 0 Å². The number of hydrogen-bond donors (Lipinski definition) is 2. The molecule has 1 saturated heterocycles. The average molecular weight is 240 g/mol. The van der Waals surface area contributed by atoms with Crippen LogP contribution in [0.15, 0.2) is 12.1 Å². The van der Waals surface area contributed by atoms with Gasteiger partial charge in [-0.2, -0.15) is 0 Å². The molecule has 17 heavy (non-hydrogen) atoms. The van der Waals surface area contributed by atoms with Crippen LogP contribution in [0.2, 0.25) is 0 Å². The molecule has 1 unspecified atom stereocenters. The lowest BCUT2D eigenvalue weighted by molar-refractivity contribution is -0.123. The van der Waals surface area contributed by atoms with E-state index in [-0.39, 0.29) is 11.1 Å². The molecule has 3 amide bonds. The van der Waals surface area contributed by atoms with Crippen LogP contribution in [0.25, 0.3) is 0 Å². The number of carbonyl (C=O) groups is 2. The first-order chi connectivity index (χ1) is 7.86. The lowest BCUT2D eigenvalue weighted by Crippen LogP contribution is -2.41. The summed E-state index contributed by atoms with van der Waals surface area (Å²) >= 11 is 0. The third-order valence-corrected chi connectivity index (χ3v) is 2.86. The highest BCUT2D eigenvalue weighted by molar-refractivity contribution is 6.07.